The van der Waals surface area contributed by atoms with Gasteiger partial charge in [-0.3, -0.25) is 0 Å². The summed E-state index contributed by atoms with van der Waals surface area (Å²) in [5.41, 5.74) is 1.51. The number of hydrogen-bond donors (Lipinski definition) is 0. The first-order chi connectivity index (χ1) is 7.54. The minimum Gasteiger partial charge on any atom is -0.494 e. The number of halogens is 1. The Morgan fingerprint density at radius 1 is 1.19 bits per heavy atom. The molecule has 0 saturated carbocycles. The van der Waals surface area contributed by atoms with E-state index in [1.165, 1.54) is 12.0 Å². The Balaban J connectivity index is 2.54. The van der Waals surface area contributed by atoms with Crippen LogP contribution in [0.3, 0.4) is 0 Å². The summed E-state index contributed by atoms with van der Waals surface area (Å²) in [7, 11) is 0. The first-order valence-corrected chi connectivity index (χ1v) is 6.95. The monoisotopic (exact) mass is 284 g/mol. The smallest absolute Gasteiger partial charge is 0.119 e. The molecular formula is C14H21BrO. The van der Waals surface area contributed by atoms with Crippen molar-refractivity contribution in [3.8, 4) is 5.75 Å². The van der Waals surface area contributed by atoms with E-state index in [1.807, 2.05) is 6.07 Å². The summed E-state index contributed by atoms with van der Waals surface area (Å²) in [4.78, 5) is 0. The van der Waals surface area contributed by atoms with Crippen LogP contribution in [0.15, 0.2) is 24.3 Å². The van der Waals surface area contributed by atoms with Crippen molar-refractivity contribution in [3.63, 3.8) is 0 Å². The van der Waals surface area contributed by atoms with Crippen molar-refractivity contribution in [2.24, 2.45) is 0 Å². The van der Waals surface area contributed by atoms with Crippen LogP contribution in [-0.4, -0.2) is 11.9 Å². The fourth-order valence-electron chi connectivity index (χ4n) is 1.44. The van der Waals surface area contributed by atoms with Gasteiger partial charge >= 0.3 is 0 Å². The molecule has 0 aromatic heterocycles. The lowest BCUT2D eigenvalue weighted by Crippen LogP contribution is -2.11. The van der Waals surface area contributed by atoms with Gasteiger partial charge in [-0.2, -0.15) is 0 Å². The molecule has 0 aliphatic heterocycles. The van der Waals surface area contributed by atoms with Crippen molar-refractivity contribution in [2.75, 3.05) is 11.9 Å². The highest BCUT2D eigenvalue weighted by Gasteiger charge is 2.13. The largest absolute Gasteiger partial charge is 0.494 e. The summed E-state index contributed by atoms with van der Waals surface area (Å²) in [6, 6.07) is 8.41. The lowest BCUT2D eigenvalue weighted by Gasteiger charge is -2.19. The molecule has 90 valence electrons. The topological polar surface area (TPSA) is 9.23 Å². The standard InChI is InChI=1S/C14H21BrO/c1-14(2,3)12-7-6-8-13(11-12)16-10-5-4-9-15/h6-8,11H,4-5,9-10H2,1-3H3. The second-order valence-electron chi connectivity index (χ2n) is 5.02. The molecule has 16 heavy (non-hydrogen) atoms. The number of unbranched alkanes of at least 4 members (excludes halogenated alkanes) is 1. The zero-order valence-electron chi connectivity index (χ0n) is 10.4. The molecule has 0 spiro atoms. The molecule has 2 heteroatoms. The van der Waals surface area contributed by atoms with E-state index in [0.717, 1.165) is 24.1 Å². The van der Waals surface area contributed by atoms with Gasteiger partial charge in [0, 0.05) is 5.33 Å². The van der Waals surface area contributed by atoms with Gasteiger partial charge in [0.1, 0.15) is 5.75 Å². The van der Waals surface area contributed by atoms with Crippen LogP contribution in [-0.2, 0) is 5.41 Å². The fraction of sp³-hybridized carbons (Fsp3) is 0.571. The Morgan fingerprint density at radius 2 is 1.94 bits per heavy atom. The molecule has 1 rings (SSSR count). The van der Waals surface area contributed by atoms with Gasteiger partial charge in [0.15, 0.2) is 0 Å². The molecule has 0 aliphatic rings. The van der Waals surface area contributed by atoms with Gasteiger partial charge < -0.3 is 4.74 Å². The molecule has 1 nitrogen and oxygen atoms in total. The quantitative estimate of drug-likeness (QED) is 0.570. The van der Waals surface area contributed by atoms with E-state index < -0.39 is 0 Å². The SMILES string of the molecule is CC(C)(C)c1cccc(OCCCCBr)c1. The van der Waals surface area contributed by atoms with Gasteiger partial charge in [0.05, 0.1) is 6.61 Å². The molecular weight excluding hydrogens is 264 g/mol. The second-order valence-corrected chi connectivity index (χ2v) is 5.82. The first-order valence-electron chi connectivity index (χ1n) is 5.83. The Morgan fingerprint density at radius 3 is 2.56 bits per heavy atom. The van der Waals surface area contributed by atoms with Crippen molar-refractivity contribution in [1.29, 1.82) is 0 Å². The Kier molecular flexibility index (Phi) is 5.33. The van der Waals surface area contributed by atoms with E-state index in [4.69, 9.17) is 4.74 Å². The normalized spacial score (nSPS) is 11.5. The molecule has 0 atom stereocenters. The number of benzene rings is 1. The van der Waals surface area contributed by atoms with E-state index in [0.29, 0.717) is 0 Å². The molecule has 0 N–H and O–H groups in total. The Labute approximate surface area is 107 Å². The van der Waals surface area contributed by atoms with Gasteiger partial charge in [-0.05, 0) is 36.0 Å². The van der Waals surface area contributed by atoms with Gasteiger partial charge in [-0.1, -0.05) is 48.8 Å². The van der Waals surface area contributed by atoms with E-state index in [-0.39, 0.29) is 5.41 Å². The van der Waals surface area contributed by atoms with E-state index in [2.05, 4.69) is 54.9 Å². The molecule has 0 aliphatic carbocycles. The molecule has 0 fully saturated rings. The highest BCUT2D eigenvalue weighted by molar-refractivity contribution is 9.09. The van der Waals surface area contributed by atoms with Crippen molar-refractivity contribution in [1.82, 2.24) is 0 Å². The first kappa shape index (κ1) is 13.6. The van der Waals surface area contributed by atoms with Crippen molar-refractivity contribution in [3.05, 3.63) is 29.8 Å². The van der Waals surface area contributed by atoms with Crippen LogP contribution in [0.4, 0.5) is 0 Å². The van der Waals surface area contributed by atoms with Crippen LogP contribution in [0.1, 0.15) is 39.2 Å². The van der Waals surface area contributed by atoms with Crippen LogP contribution in [0.2, 0.25) is 0 Å². The van der Waals surface area contributed by atoms with Gasteiger partial charge in [-0.25, -0.2) is 0 Å². The summed E-state index contributed by atoms with van der Waals surface area (Å²) in [5.74, 6) is 0.988. The van der Waals surface area contributed by atoms with E-state index >= 15 is 0 Å². The lowest BCUT2D eigenvalue weighted by atomic mass is 9.87. The maximum absolute atomic E-state index is 5.72. The average Bonchev–Trinajstić information content (AvgIpc) is 2.24. The van der Waals surface area contributed by atoms with Crippen LogP contribution in [0.5, 0.6) is 5.75 Å². The summed E-state index contributed by atoms with van der Waals surface area (Å²) >= 11 is 3.42. The zero-order valence-corrected chi connectivity index (χ0v) is 12.0. The minimum absolute atomic E-state index is 0.190. The van der Waals surface area contributed by atoms with Crippen LogP contribution >= 0.6 is 15.9 Å². The number of rotatable bonds is 5. The second kappa shape index (κ2) is 6.29. The number of alkyl halides is 1. The molecule has 0 bridgehead atoms. The zero-order chi connectivity index (χ0) is 12.0. The third-order valence-electron chi connectivity index (χ3n) is 2.50. The van der Waals surface area contributed by atoms with Crippen LogP contribution in [0, 0.1) is 0 Å². The van der Waals surface area contributed by atoms with Gasteiger partial charge in [0.25, 0.3) is 0 Å². The highest BCUT2D eigenvalue weighted by atomic mass is 79.9. The Bertz CT molecular complexity index is 315. The molecule has 0 unspecified atom stereocenters. The molecule has 1 aromatic carbocycles. The fourth-order valence-corrected chi connectivity index (χ4v) is 1.84. The van der Waals surface area contributed by atoms with E-state index in [1.54, 1.807) is 0 Å². The number of hydrogen-bond acceptors (Lipinski definition) is 1. The van der Waals surface area contributed by atoms with Crippen molar-refractivity contribution < 1.29 is 4.74 Å². The molecule has 0 amide bonds. The summed E-state index contributed by atoms with van der Waals surface area (Å²) < 4.78 is 5.72. The summed E-state index contributed by atoms with van der Waals surface area (Å²) in [5, 5.41) is 1.05. The number of ether oxygens (including phenoxy) is 1. The van der Waals surface area contributed by atoms with Crippen molar-refractivity contribution >= 4 is 15.9 Å². The third kappa shape index (κ3) is 4.56. The Hall–Kier alpha value is -0.500. The van der Waals surface area contributed by atoms with Crippen LogP contribution < -0.4 is 4.74 Å². The predicted molar refractivity (Wildman–Crippen MR) is 73.7 cm³/mol. The molecule has 0 heterocycles. The highest BCUT2D eigenvalue weighted by Crippen LogP contribution is 2.25. The summed E-state index contributed by atoms with van der Waals surface area (Å²) in [6.45, 7) is 7.46. The average molecular weight is 285 g/mol. The lowest BCUT2D eigenvalue weighted by molar-refractivity contribution is 0.309. The van der Waals surface area contributed by atoms with E-state index in [9.17, 15) is 0 Å². The van der Waals surface area contributed by atoms with Gasteiger partial charge in [0.2, 0.25) is 0 Å². The predicted octanol–water partition coefficient (Wildman–Crippen LogP) is 4.54. The summed E-state index contributed by atoms with van der Waals surface area (Å²) in [6.07, 6.45) is 2.27. The molecule has 0 radical (unpaired) electrons. The third-order valence-corrected chi connectivity index (χ3v) is 3.06. The van der Waals surface area contributed by atoms with Crippen LogP contribution in [0.25, 0.3) is 0 Å². The minimum atomic E-state index is 0.190. The maximum Gasteiger partial charge on any atom is 0.119 e. The van der Waals surface area contributed by atoms with Gasteiger partial charge in [-0.15, -0.1) is 0 Å². The maximum atomic E-state index is 5.72. The molecule has 0 saturated heterocycles. The molecule has 1 aromatic rings. The van der Waals surface area contributed by atoms with Crippen molar-refractivity contribution in [2.45, 2.75) is 39.0 Å².